The van der Waals surface area contributed by atoms with Crippen molar-refractivity contribution in [2.24, 2.45) is 0 Å². The van der Waals surface area contributed by atoms with Crippen molar-refractivity contribution in [1.82, 2.24) is 5.32 Å². The van der Waals surface area contributed by atoms with Gasteiger partial charge in [-0.15, -0.1) is 0 Å². The van der Waals surface area contributed by atoms with Crippen LogP contribution in [-0.4, -0.2) is 11.7 Å². The maximum absolute atomic E-state index is 13.8. The normalized spacial score (nSPS) is 13.3. The van der Waals surface area contributed by atoms with E-state index < -0.39 is 5.82 Å². The smallest absolute Gasteiger partial charge is 0.141 e. The summed E-state index contributed by atoms with van der Waals surface area (Å²) in [6.45, 7) is 2.11. The highest BCUT2D eigenvalue weighted by Gasteiger charge is 2.16. The topological polar surface area (TPSA) is 56.0 Å². The lowest BCUT2D eigenvalue weighted by molar-refractivity contribution is 0.272. The molecule has 0 aromatic heterocycles. The Bertz CT molecular complexity index is 667. The van der Waals surface area contributed by atoms with Crippen molar-refractivity contribution in [3.05, 3.63) is 71.0 Å². The van der Waals surface area contributed by atoms with Crippen LogP contribution < -0.4 is 5.32 Å². The molecule has 2 aromatic rings. The Morgan fingerprint density at radius 2 is 1.91 bits per heavy atom. The van der Waals surface area contributed by atoms with E-state index in [-0.39, 0.29) is 24.3 Å². The largest absolute Gasteiger partial charge is 0.396 e. The first-order chi connectivity index (χ1) is 11.2. The third-order valence-electron chi connectivity index (χ3n) is 3.92. The molecule has 2 atom stereocenters. The van der Waals surface area contributed by atoms with Gasteiger partial charge in [-0.05, 0) is 43.0 Å². The molecule has 2 unspecified atom stereocenters. The molecule has 0 saturated heterocycles. The fraction of sp³-hybridized carbons (Fsp3) is 0.316. The van der Waals surface area contributed by atoms with E-state index in [0.29, 0.717) is 6.42 Å². The molecule has 3 nitrogen and oxygen atoms in total. The van der Waals surface area contributed by atoms with E-state index in [1.54, 1.807) is 6.07 Å². The molecule has 23 heavy (non-hydrogen) atoms. The first-order valence-corrected chi connectivity index (χ1v) is 7.77. The number of nitrogens with zero attached hydrogens (tertiary/aromatic N) is 1. The van der Waals surface area contributed by atoms with Crippen molar-refractivity contribution in [2.75, 3.05) is 6.61 Å². The van der Waals surface area contributed by atoms with Gasteiger partial charge in [0.2, 0.25) is 0 Å². The SMILES string of the molecule is CC(NC(CCCO)c1ccccc1)c1ccc(C#N)c(F)c1. The van der Waals surface area contributed by atoms with Gasteiger partial charge >= 0.3 is 0 Å². The van der Waals surface area contributed by atoms with Crippen molar-refractivity contribution in [2.45, 2.75) is 31.8 Å². The fourth-order valence-electron chi connectivity index (χ4n) is 2.62. The zero-order valence-electron chi connectivity index (χ0n) is 13.2. The summed E-state index contributed by atoms with van der Waals surface area (Å²) in [4.78, 5) is 0. The lowest BCUT2D eigenvalue weighted by Gasteiger charge is -2.24. The van der Waals surface area contributed by atoms with Gasteiger partial charge < -0.3 is 10.4 Å². The highest BCUT2D eigenvalue weighted by atomic mass is 19.1. The van der Waals surface area contributed by atoms with Crippen molar-refractivity contribution < 1.29 is 9.50 Å². The molecule has 0 aliphatic carbocycles. The van der Waals surface area contributed by atoms with E-state index in [9.17, 15) is 4.39 Å². The molecule has 0 bridgehead atoms. The Balaban J connectivity index is 2.15. The number of rotatable bonds is 7. The van der Waals surface area contributed by atoms with E-state index in [0.717, 1.165) is 17.5 Å². The lowest BCUT2D eigenvalue weighted by atomic mass is 9.99. The molecule has 120 valence electrons. The van der Waals surface area contributed by atoms with Crippen molar-refractivity contribution >= 4 is 0 Å². The van der Waals surface area contributed by atoms with E-state index in [4.69, 9.17) is 10.4 Å². The van der Waals surface area contributed by atoms with Crippen LogP contribution in [0.4, 0.5) is 4.39 Å². The number of hydrogen-bond donors (Lipinski definition) is 2. The molecular weight excluding hydrogens is 291 g/mol. The quantitative estimate of drug-likeness (QED) is 0.816. The van der Waals surface area contributed by atoms with Gasteiger partial charge in [-0.2, -0.15) is 5.26 Å². The van der Waals surface area contributed by atoms with Crippen LogP contribution >= 0.6 is 0 Å². The van der Waals surface area contributed by atoms with Gasteiger partial charge in [-0.1, -0.05) is 36.4 Å². The Kier molecular flexibility index (Phi) is 6.28. The molecule has 0 radical (unpaired) electrons. The third-order valence-corrected chi connectivity index (χ3v) is 3.92. The number of aliphatic hydroxyl groups is 1. The second kappa shape index (κ2) is 8.42. The highest BCUT2D eigenvalue weighted by Crippen LogP contribution is 2.24. The van der Waals surface area contributed by atoms with Crippen molar-refractivity contribution in [3.8, 4) is 6.07 Å². The van der Waals surface area contributed by atoms with Crippen LogP contribution in [0.2, 0.25) is 0 Å². The number of hydrogen-bond acceptors (Lipinski definition) is 3. The van der Waals surface area contributed by atoms with E-state index in [2.05, 4.69) is 5.32 Å². The van der Waals surface area contributed by atoms with Crippen LogP contribution in [0.3, 0.4) is 0 Å². The number of nitrogens with one attached hydrogen (secondary N) is 1. The predicted molar refractivity (Wildman–Crippen MR) is 88.2 cm³/mol. The summed E-state index contributed by atoms with van der Waals surface area (Å²) in [7, 11) is 0. The molecule has 0 heterocycles. The maximum atomic E-state index is 13.8. The minimum Gasteiger partial charge on any atom is -0.396 e. The molecule has 0 fully saturated rings. The zero-order valence-corrected chi connectivity index (χ0v) is 13.2. The first kappa shape index (κ1) is 17.1. The summed E-state index contributed by atoms with van der Waals surface area (Å²) in [5.41, 5.74) is 1.99. The summed E-state index contributed by atoms with van der Waals surface area (Å²) in [5.74, 6) is -0.495. The average molecular weight is 312 g/mol. The van der Waals surface area contributed by atoms with Gasteiger partial charge in [0.15, 0.2) is 0 Å². The van der Waals surface area contributed by atoms with Gasteiger partial charge in [0.1, 0.15) is 11.9 Å². The average Bonchev–Trinajstić information content (AvgIpc) is 2.59. The van der Waals surface area contributed by atoms with Gasteiger partial charge in [0.25, 0.3) is 0 Å². The summed E-state index contributed by atoms with van der Waals surface area (Å²) < 4.78 is 13.8. The van der Waals surface area contributed by atoms with Crippen LogP contribution in [0.1, 0.15) is 48.5 Å². The minimum absolute atomic E-state index is 0.0563. The number of nitriles is 1. The number of halogens is 1. The Labute approximate surface area is 136 Å². The van der Waals surface area contributed by atoms with Crippen molar-refractivity contribution in [3.63, 3.8) is 0 Å². The van der Waals surface area contributed by atoms with Crippen LogP contribution in [0.15, 0.2) is 48.5 Å². The lowest BCUT2D eigenvalue weighted by Crippen LogP contribution is -2.25. The Morgan fingerprint density at radius 3 is 2.52 bits per heavy atom. The van der Waals surface area contributed by atoms with E-state index in [1.165, 1.54) is 12.1 Å². The molecule has 0 spiro atoms. The molecule has 2 N–H and O–H groups in total. The standard InChI is InChI=1S/C19H21FN2O/c1-14(16-9-10-17(13-21)18(20)12-16)22-19(8-5-11-23)15-6-3-2-4-7-15/h2-4,6-7,9-10,12,14,19,22-23H,5,8,11H2,1H3. The molecule has 0 aliphatic heterocycles. The Morgan fingerprint density at radius 1 is 1.17 bits per heavy atom. The molecule has 0 saturated carbocycles. The van der Waals surface area contributed by atoms with Crippen LogP contribution in [-0.2, 0) is 0 Å². The van der Waals surface area contributed by atoms with Crippen LogP contribution in [0, 0.1) is 17.1 Å². The highest BCUT2D eigenvalue weighted by molar-refractivity contribution is 5.34. The number of aliphatic hydroxyl groups excluding tert-OH is 1. The van der Waals surface area contributed by atoms with Gasteiger partial charge in [0, 0.05) is 18.7 Å². The fourth-order valence-corrected chi connectivity index (χ4v) is 2.62. The molecule has 2 aromatic carbocycles. The molecule has 0 amide bonds. The number of benzene rings is 2. The van der Waals surface area contributed by atoms with Gasteiger partial charge in [-0.3, -0.25) is 0 Å². The zero-order chi connectivity index (χ0) is 16.7. The molecular formula is C19H21FN2O. The van der Waals surface area contributed by atoms with Crippen LogP contribution in [0.25, 0.3) is 0 Å². The first-order valence-electron chi connectivity index (χ1n) is 7.77. The van der Waals surface area contributed by atoms with E-state index >= 15 is 0 Å². The van der Waals surface area contributed by atoms with Gasteiger partial charge in [-0.25, -0.2) is 4.39 Å². The van der Waals surface area contributed by atoms with Gasteiger partial charge in [0.05, 0.1) is 5.56 Å². The summed E-state index contributed by atoms with van der Waals surface area (Å²) >= 11 is 0. The summed E-state index contributed by atoms with van der Waals surface area (Å²) in [6, 6.07) is 16.5. The predicted octanol–water partition coefficient (Wildman–Crippen LogP) is 3.86. The Hall–Kier alpha value is -2.22. The molecule has 2 rings (SSSR count). The monoisotopic (exact) mass is 312 g/mol. The second-order valence-electron chi connectivity index (χ2n) is 5.57. The summed E-state index contributed by atoms with van der Waals surface area (Å²) in [5, 5.41) is 21.4. The molecule has 0 aliphatic rings. The maximum Gasteiger partial charge on any atom is 0.141 e. The molecule has 4 heteroatoms. The van der Waals surface area contributed by atoms with Crippen molar-refractivity contribution in [1.29, 1.82) is 5.26 Å². The van der Waals surface area contributed by atoms with E-state index in [1.807, 2.05) is 43.3 Å². The minimum atomic E-state index is -0.495. The second-order valence-corrected chi connectivity index (χ2v) is 5.57. The van der Waals surface area contributed by atoms with Crippen LogP contribution in [0.5, 0.6) is 0 Å². The third kappa shape index (κ3) is 4.62. The summed E-state index contributed by atoms with van der Waals surface area (Å²) in [6.07, 6.45) is 1.49.